The molecule has 2 atom stereocenters. The van der Waals surface area contributed by atoms with Gasteiger partial charge in [-0.15, -0.1) is 13.2 Å². The highest BCUT2D eigenvalue weighted by atomic mass is 16.5. The van der Waals surface area contributed by atoms with E-state index in [0.717, 1.165) is 18.6 Å². The number of hydrogen-bond donors (Lipinski definition) is 0. The Morgan fingerprint density at radius 3 is 2.89 bits per heavy atom. The van der Waals surface area contributed by atoms with Crippen molar-refractivity contribution in [1.29, 1.82) is 0 Å². The number of allylic oxidation sites excluding steroid dienone is 2. The second kappa shape index (κ2) is 5.90. The van der Waals surface area contributed by atoms with Crippen LogP contribution in [0.15, 0.2) is 43.5 Å². The van der Waals surface area contributed by atoms with Gasteiger partial charge in [0.1, 0.15) is 5.75 Å². The van der Waals surface area contributed by atoms with Gasteiger partial charge in [0.2, 0.25) is 0 Å². The maximum Gasteiger partial charge on any atom is 0.119 e. The van der Waals surface area contributed by atoms with Crippen LogP contribution in [-0.2, 0) is 6.42 Å². The van der Waals surface area contributed by atoms with Crippen LogP contribution < -0.4 is 4.74 Å². The topological polar surface area (TPSA) is 9.23 Å². The van der Waals surface area contributed by atoms with Gasteiger partial charge in [-0.2, -0.15) is 0 Å². The molecular weight excluding hydrogens is 220 g/mol. The van der Waals surface area contributed by atoms with Crippen molar-refractivity contribution in [3.05, 3.63) is 54.6 Å². The molecule has 0 spiro atoms. The fourth-order valence-electron chi connectivity index (χ4n) is 2.99. The van der Waals surface area contributed by atoms with Gasteiger partial charge < -0.3 is 4.74 Å². The molecule has 18 heavy (non-hydrogen) atoms. The number of benzene rings is 1. The summed E-state index contributed by atoms with van der Waals surface area (Å²) in [5.74, 6) is 2.16. The van der Waals surface area contributed by atoms with Gasteiger partial charge in [-0.05, 0) is 60.8 Å². The Labute approximate surface area is 110 Å². The molecule has 1 nitrogen and oxygen atoms in total. The van der Waals surface area contributed by atoms with Gasteiger partial charge in [0.15, 0.2) is 0 Å². The lowest BCUT2D eigenvalue weighted by molar-refractivity contribution is 0.404. The summed E-state index contributed by atoms with van der Waals surface area (Å²) in [6.07, 6.45) is 8.71. The molecular formula is C17H22O. The Morgan fingerprint density at radius 2 is 2.22 bits per heavy atom. The first-order chi connectivity index (χ1) is 8.80. The highest BCUT2D eigenvalue weighted by Gasteiger charge is 2.27. The summed E-state index contributed by atoms with van der Waals surface area (Å²) in [7, 11) is 1.73. The summed E-state index contributed by atoms with van der Waals surface area (Å²) < 4.78 is 5.31. The molecule has 1 aromatic rings. The fraction of sp³-hybridized carbons (Fsp3) is 0.412. The summed E-state index contributed by atoms with van der Waals surface area (Å²) >= 11 is 0. The van der Waals surface area contributed by atoms with E-state index in [9.17, 15) is 0 Å². The third-order valence-corrected chi connectivity index (χ3v) is 4.00. The number of rotatable bonds is 5. The molecule has 1 heteroatoms. The maximum atomic E-state index is 5.31. The fourth-order valence-corrected chi connectivity index (χ4v) is 2.99. The molecule has 0 fully saturated rings. The maximum absolute atomic E-state index is 5.31. The number of aryl methyl sites for hydroxylation is 1. The normalized spacial score (nSPS) is 22.1. The first-order valence-corrected chi connectivity index (χ1v) is 6.70. The summed E-state index contributed by atoms with van der Waals surface area (Å²) in [5.41, 5.74) is 2.93. The Bertz CT molecular complexity index is 433. The highest BCUT2D eigenvalue weighted by molar-refractivity contribution is 5.40. The Kier molecular flexibility index (Phi) is 4.24. The molecule has 1 aliphatic rings. The van der Waals surface area contributed by atoms with Gasteiger partial charge in [0.25, 0.3) is 0 Å². The second-order valence-electron chi connectivity index (χ2n) is 4.98. The van der Waals surface area contributed by atoms with Crippen molar-refractivity contribution in [2.45, 2.75) is 31.6 Å². The van der Waals surface area contributed by atoms with E-state index in [0.29, 0.717) is 11.8 Å². The first kappa shape index (κ1) is 12.9. The minimum absolute atomic E-state index is 0.593. The zero-order valence-electron chi connectivity index (χ0n) is 11.2. The Hall–Kier alpha value is -1.50. The average Bonchev–Trinajstić information content (AvgIpc) is 2.43. The monoisotopic (exact) mass is 242 g/mol. The van der Waals surface area contributed by atoms with Crippen LogP contribution in [0.5, 0.6) is 5.75 Å². The first-order valence-electron chi connectivity index (χ1n) is 6.70. The molecule has 0 heterocycles. The van der Waals surface area contributed by atoms with Crippen LogP contribution in [0.1, 0.15) is 36.3 Å². The molecule has 0 amide bonds. The smallest absolute Gasteiger partial charge is 0.119 e. The summed E-state index contributed by atoms with van der Waals surface area (Å²) in [6, 6.07) is 6.50. The van der Waals surface area contributed by atoms with Crippen molar-refractivity contribution >= 4 is 0 Å². The molecule has 0 N–H and O–H groups in total. The lowest BCUT2D eigenvalue weighted by atomic mass is 9.73. The largest absolute Gasteiger partial charge is 0.497 e. The molecule has 1 aromatic carbocycles. The predicted molar refractivity (Wildman–Crippen MR) is 77.2 cm³/mol. The van der Waals surface area contributed by atoms with Gasteiger partial charge >= 0.3 is 0 Å². The summed E-state index contributed by atoms with van der Waals surface area (Å²) in [6.45, 7) is 7.83. The molecule has 0 bridgehead atoms. The van der Waals surface area contributed by atoms with Crippen molar-refractivity contribution in [2.75, 3.05) is 7.11 Å². The van der Waals surface area contributed by atoms with E-state index in [1.165, 1.54) is 24.0 Å². The molecule has 96 valence electrons. The van der Waals surface area contributed by atoms with Crippen LogP contribution in [-0.4, -0.2) is 7.11 Å². The van der Waals surface area contributed by atoms with Gasteiger partial charge in [0.05, 0.1) is 7.11 Å². The van der Waals surface area contributed by atoms with Gasteiger partial charge in [0, 0.05) is 0 Å². The summed E-state index contributed by atoms with van der Waals surface area (Å²) in [4.78, 5) is 0. The number of fused-ring (bicyclic) bond motifs is 1. The molecule has 0 saturated carbocycles. The average molecular weight is 242 g/mol. The zero-order valence-corrected chi connectivity index (χ0v) is 11.2. The van der Waals surface area contributed by atoms with Crippen LogP contribution in [0.25, 0.3) is 0 Å². The van der Waals surface area contributed by atoms with E-state index in [1.807, 2.05) is 6.08 Å². The standard InChI is InChI=1S/C17H22O/c1-4-6-7-16-13(5-2)8-9-14-12-15(18-3)10-11-17(14)16/h4-5,10-13,16H,1-2,6-9H2,3H3/t13-,16+/m1/s1. The third-order valence-electron chi connectivity index (χ3n) is 4.00. The summed E-state index contributed by atoms with van der Waals surface area (Å²) in [5, 5.41) is 0. The van der Waals surface area contributed by atoms with Crippen LogP contribution in [0.4, 0.5) is 0 Å². The molecule has 1 aliphatic carbocycles. The molecule has 0 radical (unpaired) electrons. The van der Waals surface area contributed by atoms with Gasteiger partial charge in [-0.3, -0.25) is 0 Å². The van der Waals surface area contributed by atoms with Crippen LogP contribution in [0, 0.1) is 5.92 Å². The van der Waals surface area contributed by atoms with E-state index in [1.54, 1.807) is 7.11 Å². The van der Waals surface area contributed by atoms with Gasteiger partial charge in [-0.1, -0.05) is 18.2 Å². The second-order valence-corrected chi connectivity index (χ2v) is 4.98. The van der Waals surface area contributed by atoms with Crippen molar-refractivity contribution in [3.63, 3.8) is 0 Å². The van der Waals surface area contributed by atoms with Gasteiger partial charge in [-0.25, -0.2) is 0 Å². The number of hydrogen-bond acceptors (Lipinski definition) is 1. The minimum atomic E-state index is 0.593. The molecule has 2 rings (SSSR count). The van der Waals surface area contributed by atoms with E-state index in [4.69, 9.17) is 4.74 Å². The number of ether oxygens (including phenoxy) is 1. The molecule has 0 unspecified atom stereocenters. The quantitative estimate of drug-likeness (QED) is 0.691. The zero-order chi connectivity index (χ0) is 13.0. The highest BCUT2D eigenvalue weighted by Crippen LogP contribution is 2.40. The van der Waals surface area contributed by atoms with Crippen molar-refractivity contribution in [3.8, 4) is 5.75 Å². The number of methoxy groups -OCH3 is 1. The van der Waals surface area contributed by atoms with Crippen molar-refractivity contribution in [1.82, 2.24) is 0 Å². The van der Waals surface area contributed by atoms with Crippen LogP contribution in [0.2, 0.25) is 0 Å². The van der Waals surface area contributed by atoms with E-state index in [2.05, 4.69) is 37.4 Å². The van der Waals surface area contributed by atoms with E-state index >= 15 is 0 Å². The lowest BCUT2D eigenvalue weighted by Crippen LogP contribution is -2.19. The van der Waals surface area contributed by atoms with Crippen molar-refractivity contribution in [2.24, 2.45) is 5.92 Å². The van der Waals surface area contributed by atoms with E-state index in [-0.39, 0.29) is 0 Å². The third kappa shape index (κ3) is 2.50. The molecule has 0 aliphatic heterocycles. The molecule has 0 saturated heterocycles. The lowest BCUT2D eigenvalue weighted by Gasteiger charge is -2.32. The predicted octanol–water partition coefficient (Wildman–Crippen LogP) is 4.49. The SMILES string of the molecule is C=CCC[C@@H]1c2ccc(OC)cc2CC[C@H]1C=C. The van der Waals surface area contributed by atoms with Crippen LogP contribution >= 0.6 is 0 Å². The molecule has 0 aromatic heterocycles. The van der Waals surface area contributed by atoms with E-state index < -0.39 is 0 Å². The Morgan fingerprint density at radius 1 is 1.39 bits per heavy atom. The van der Waals surface area contributed by atoms with Crippen molar-refractivity contribution < 1.29 is 4.74 Å². The minimum Gasteiger partial charge on any atom is -0.497 e. The van der Waals surface area contributed by atoms with Crippen LogP contribution in [0.3, 0.4) is 0 Å². The Balaban J connectivity index is 2.31.